The molecular formula is C11H15N5O2S. The van der Waals surface area contributed by atoms with Gasteiger partial charge in [-0.15, -0.1) is 10.2 Å². The van der Waals surface area contributed by atoms with Gasteiger partial charge in [0.25, 0.3) is 0 Å². The van der Waals surface area contributed by atoms with Crippen LogP contribution in [0.1, 0.15) is 12.7 Å². The molecule has 19 heavy (non-hydrogen) atoms. The number of hydrogen-bond donors (Lipinski definition) is 2. The lowest BCUT2D eigenvalue weighted by Gasteiger charge is -2.10. The summed E-state index contributed by atoms with van der Waals surface area (Å²) in [5, 5.41) is 15.9. The van der Waals surface area contributed by atoms with Crippen molar-refractivity contribution in [2.45, 2.75) is 24.9 Å². The molecule has 0 aliphatic heterocycles. The van der Waals surface area contributed by atoms with E-state index in [1.807, 2.05) is 11.5 Å². The fraction of sp³-hybridized carbons (Fsp3) is 0.273. The summed E-state index contributed by atoms with van der Waals surface area (Å²) in [6, 6.07) is 6.48. The monoisotopic (exact) mass is 281 g/mol. The second-order valence-electron chi connectivity index (χ2n) is 3.93. The zero-order valence-electron chi connectivity index (χ0n) is 10.4. The van der Waals surface area contributed by atoms with Gasteiger partial charge in [0, 0.05) is 6.54 Å². The van der Waals surface area contributed by atoms with Gasteiger partial charge in [0.1, 0.15) is 11.2 Å². The van der Waals surface area contributed by atoms with Gasteiger partial charge >= 0.3 is 0 Å². The zero-order chi connectivity index (χ0) is 13.9. The molecule has 0 aliphatic rings. The topological polar surface area (TPSA) is 103 Å². The Morgan fingerprint density at radius 1 is 1.37 bits per heavy atom. The van der Waals surface area contributed by atoms with E-state index in [1.54, 1.807) is 24.5 Å². The number of hydrogen-bond acceptors (Lipinski definition) is 5. The molecule has 102 valence electrons. The molecule has 8 heteroatoms. The number of nitrogens with one attached hydrogen (secondary N) is 1. The van der Waals surface area contributed by atoms with E-state index in [9.17, 15) is 8.42 Å². The highest BCUT2D eigenvalue weighted by Gasteiger charge is 2.13. The first-order valence-electron chi connectivity index (χ1n) is 5.74. The molecule has 1 heterocycles. The van der Waals surface area contributed by atoms with Crippen molar-refractivity contribution in [2.75, 3.05) is 5.32 Å². The molecule has 1 aromatic heterocycles. The van der Waals surface area contributed by atoms with Crippen LogP contribution in [0.2, 0.25) is 0 Å². The Hall–Kier alpha value is -1.93. The molecule has 0 saturated heterocycles. The number of anilines is 1. The quantitative estimate of drug-likeness (QED) is 0.833. The number of nitrogens with zero attached hydrogens (tertiary/aromatic N) is 3. The third-order valence-corrected chi connectivity index (χ3v) is 3.64. The van der Waals surface area contributed by atoms with E-state index in [0.717, 1.165) is 12.4 Å². The highest BCUT2D eigenvalue weighted by molar-refractivity contribution is 7.89. The van der Waals surface area contributed by atoms with E-state index in [-0.39, 0.29) is 4.90 Å². The molecule has 0 saturated carbocycles. The Kier molecular flexibility index (Phi) is 3.82. The van der Waals surface area contributed by atoms with E-state index in [2.05, 4.69) is 15.5 Å². The SMILES string of the molecule is CCn1cnnc1CNc1ccccc1S(N)(=O)=O. The van der Waals surface area contributed by atoms with E-state index >= 15 is 0 Å². The van der Waals surface area contributed by atoms with Gasteiger partial charge in [-0.3, -0.25) is 0 Å². The molecule has 0 bridgehead atoms. The lowest BCUT2D eigenvalue weighted by atomic mass is 10.3. The van der Waals surface area contributed by atoms with E-state index in [1.165, 1.54) is 6.07 Å². The van der Waals surface area contributed by atoms with Crippen molar-refractivity contribution in [1.82, 2.24) is 14.8 Å². The first-order valence-corrected chi connectivity index (χ1v) is 7.29. The van der Waals surface area contributed by atoms with Crippen molar-refractivity contribution in [2.24, 2.45) is 5.14 Å². The summed E-state index contributed by atoms with van der Waals surface area (Å²) in [5.74, 6) is 0.728. The van der Waals surface area contributed by atoms with Gasteiger partial charge in [0.05, 0.1) is 12.2 Å². The number of aromatic nitrogens is 3. The average Bonchev–Trinajstić information content (AvgIpc) is 2.83. The summed E-state index contributed by atoms with van der Waals surface area (Å²) < 4.78 is 24.8. The standard InChI is InChI=1S/C11H15N5O2S/c1-2-16-8-14-15-11(16)7-13-9-5-3-4-6-10(9)19(12,17)18/h3-6,8,13H,2,7H2,1H3,(H2,12,17,18). The van der Waals surface area contributed by atoms with Crippen LogP contribution in [0.15, 0.2) is 35.5 Å². The molecule has 0 aliphatic carbocycles. The summed E-state index contributed by atoms with van der Waals surface area (Å²) in [5.41, 5.74) is 0.454. The molecule has 7 nitrogen and oxygen atoms in total. The largest absolute Gasteiger partial charge is 0.377 e. The molecule has 2 aromatic rings. The average molecular weight is 281 g/mol. The Balaban J connectivity index is 2.21. The van der Waals surface area contributed by atoms with Gasteiger partial charge in [-0.1, -0.05) is 12.1 Å². The van der Waals surface area contributed by atoms with Gasteiger partial charge in [-0.2, -0.15) is 0 Å². The van der Waals surface area contributed by atoms with Crippen LogP contribution in [0.3, 0.4) is 0 Å². The second-order valence-corrected chi connectivity index (χ2v) is 5.46. The maximum atomic E-state index is 11.4. The smallest absolute Gasteiger partial charge is 0.240 e. The van der Waals surface area contributed by atoms with Crippen molar-refractivity contribution in [3.8, 4) is 0 Å². The Labute approximate surface area is 111 Å². The minimum atomic E-state index is -3.75. The number of aryl methyl sites for hydroxylation is 1. The highest BCUT2D eigenvalue weighted by Crippen LogP contribution is 2.19. The summed E-state index contributed by atoms with van der Waals surface area (Å²) in [4.78, 5) is 0.0672. The van der Waals surface area contributed by atoms with Crippen LogP contribution in [0.4, 0.5) is 5.69 Å². The summed E-state index contributed by atoms with van der Waals surface area (Å²) in [6.45, 7) is 3.10. The molecule has 1 aromatic carbocycles. The zero-order valence-corrected chi connectivity index (χ0v) is 11.3. The lowest BCUT2D eigenvalue weighted by molar-refractivity contribution is 0.598. The molecular weight excluding hydrogens is 266 g/mol. The molecule has 0 atom stereocenters. The van der Waals surface area contributed by atoms with Crippen LogP contribution < -0.4 is 10.5 Å². The van der Waals surface area contributed by atoms with E-state index in [0.29, 0.717) is 12.2 Å². The van der Waals surface area contributed by atoms with Crippen molar-refractivity contribution < 1.29 is 8.42 Å². The number of nitrogens with two attached hydrogens (primary N) is 1. The van der Waals surface area contributed by atoms with Crippen LogP contribution in [0.25, 0.3) is 0 Å². The fourth-order valence-corrected chi connectivity index (χ4v) is 2.43. The van der Waals surface area contributed by atoms with Crippen molar-refractivity contribution >= 4 is 15.7 Å². The Bertz CT molecular complexity index is 665. The number of primary sulfonamides is 1. The highest BCUT2D eigenvalue weighted by atomic mass is 32.2. The molecule has 2 rings (SSSR count). The number of para-hydroxylation sites is 1. The molecule has 3 N–H and O–H groups in total. The second kappa shape index (κ2) is 5.37. The third kappa shape index (κ3) is 3.09. The van der Waals surface area contributed by atoms with Crippen molar-refractivity contribution in [3.05, 3.63) is 36.4 Å². The van der Waals surface area contributed by atoms with E-state index < -0.39 is 10.0 Å². The van der Waals surface area contributed by atoms with Gasteiger partial charge in [-0.05, 0) is 19.1 Å². The molecule has 0 fully saturated rings. The van der Waals surface area contributed by atoms with Crippen LogP contribution in [-0.2, 0) is 23.1 Å². The van der Waals surface area contributed by atoms with Crippen LogP contribution in [0, 0.1) is 0 Å². The van der Waals surface area contributed by atoms with Crippen LogP contribution in [0.5, 0.6) is 0 Å². The summed E-state index contributed by atoms with van der Waals surface area (Å²) in [7, 11) is -3.75. The lowest BCUT2D eigenvalue weighted by Crippen LogP contribution is -2.15. The predicted octanol–water partition coefficient (Wildman–Crippen LogP) is 0.558. The van der Waals surface area contributed by atoms with Gasteiger partial charge in [0.2, 0.25) is 10.0 Å². The van der Waals surface area contributed by atoms with Gasteiger partial charge in [-0.25, -0.2) is 13.6 Å². The number of benzene rings is 1. The maximum Gasteiger partial charge on any atom is 0.240 e. The van der Waals surface area contributed by atoms with Gasteiger partial charge < -0.3 is 9.88 Å². The minimum absolute atomic E-state index is 0.0672. The third-order valence-electron chi connectivity index (χ3n) is 2.67. The van der Waals surface area contributed by atoms with Crippen molar-refractivity contribution in [1.29, 1.82) is 0 Å². The van der Waals surface area contributed by atoms with Crippen LogP contribution >= 0.6 is 0 Å². The maximum absolute atomic E-state index is 11.4. The number of sulfonamides is 1. The van der Waals surface area contributed by atoms with E-state index in [4.69, 9.17) is 5.14 Å². The van der Waals surface area contributed by atoms with Crippen LogP contribution in [-0.4, -0.2) is 23.2 Å². The van der Waals surface area contributed by atoms with Crippen molar-refractivity contribution in [3.63, 3.8) is 0 Å². The molecule has 0 radical (unpaired) electrons. The molecule has 0 unspecified atom stereocenters. The summed E-state index contributed by atoms with van der Waals surface area (Å²) in [6.07, 6.45) is 1.63. The Morgan fingerprint density at radius 3 is 2.79 bits per heavy atom. The summed E-state index contributed by atoms with van der Waals surface area (Å²) >= 11 is 0. The first kappa shape index (κ1) is 13.5. The Morgan fingerprint density at radius 2 is 2.11 bits per heavy atom. The predicted molar refractivity (Wildman–Crippen MR) is 70.8 cm³/mol. The molecule has 0 spiro atoms. The number of rotatable bonds is 5. The normalized spacial score (nSPS) is 11.5. The molecule has 0 amide bonds. The fourth-order valence-electron chi connectivity index (χ4n) is 1.72. The van der Waals surface area contributed by atoms with Gasteiger partial charge in [0.15, 0.2) is 5.82 Å². The minimum Gasteiger partial charge on any atom is -0.377 e. The first-order chi connectivity index (χ1) is 9.02.